The summed E-state index contributed by atoms with van der Waals surface area (Å²) < 4.78 is 26.6. The lowest BCUT2D eigenvalue weighted by Gasteiger charge is -2.06. The van der Waals surface area contributed by atoms with Crippen molar-refractivity contribution >= 4 is 10.0 Å². The van der Waals surface area contributed by atoms with Crippen LogP contribution in [-0.2, 0) is 16.4 Å². The van der Waals surface area contributed by atoms with Crippen molar-refractivity contribution in [3.63, 3.8) is 0 Å². The second-order valence-electron chi connectivity index (χ2n) is 4.80. The number of sulfonamides is 1. The summed E-state index contributed by atoms with van der Waals surface area (Å²) in [7, 11) is -3.37. The first-order valence-electron chi connectivity index (χ1n) is 6.68. The van der Waals surface area contributed by atoms with Crippen LogP contribution in [0.3, 0.4) is 0 Å². The van der Waals surface area contributed by atoms with Crippen molar-refractivity contribution in [1.82, 2.24) is 4.72 Å². The lowest BCUT2D eigenvalue weighted by atomic mass is 10.1. The van der Waals surface area contributed by atoms with Gasteiger partial charge in [-0.25, -0.2) is 13.1 Å². The number of rotatable bonds is 6. The van der Waals surface area contributed by atoms with Gasteiger partial charge >= 0.3 is 0 Å². The van der Waals surface area contributed by atoms with Crippen LogP contribution in [0.15, 0.2) is 59.5 Å². The van der Waals surface area contributed by atoms with Crippen LogP contribution in [0.25, 0.3) is 0 Å². The van der Waals surface area contributed by atoms with Gasteiger partial charge in [-0.15, -0.1) is 0 Å². The Kier molecular flexibility index (Phi) is 4.93. The summed E-state index contributed by atoms with van der Waals surface area (Å²) in [5.41, 5.74) is 2.47. The zero-order chi connectivity index (χ0) is 14.4. The molecule has 2 aromatic carbocycles. The molecule has 4 heteroatoms. The molecule has 0 aromatic heterocycles. The predicted octanol–water partition coefficient (Wildman–Crippen LogP) is 2.91. The normalized spacial score (nSPS) is 11.4. The van der Waals surface area contributed by atoms with Gasteiger partial charge < -0.3 is 0 Å². The number of benzene rings is 2. The van der Waals surface area contributed by atoms with Gasteiger partial charge in [0.05, 0.1) is 4.90 Å². The molecule has 0 aliphatic carbocycles. The van der Waals surface area contributed by atoms with E-state index in [0.717, 1.165) is 12.8 Å². The molecule has 0 spiro atoms. The van der Waals surface area contributed by atoms with E-state index < -0.39 is 10.0 Å². The highest BCUT2D eigenvalue weighted by Gasteiger charge is 2.11. The van der Waals surface area contributed by atoms with Crippen LogP contribution < -0.4 is 4.72 Å². The molecular formula is C16H19NO2S. The molecular weight excluding hydrogens is 270 g/mol. The second-order valence-corrected chi connectivity index (χ2v) is 6.57. The summed E-state index contributed by atoms with van der Waals surface area (Å²) in [4.78, 5) is 0.315. The highest BCUT2D eigenvalue weighted by Crippen LogP contribution is 2.08. The van der Waals surface area contributed by atoms with E-state index in [1.807, 2.05) is 0 Å². The molecule has 0 fully saturated rings. The van der Waals surface area contributed by atoms with E-state index >= 15 is 0 Å². The molecule has 0 bridgehead atoms. The summed E-state index contributed by atoms with van der Waals surface area (Å²) in [5.74, 6) is 0. The molecule has 3 nitrogen and oxygen atoms in total. The molecule has 0 atom stereocenters. The van der Waals surface area contributed by atoms with Crippen LogP contribution in [0.2, 0.25) is 0 Å². The molecule has 20 heavy (non-hydrogen) atoms. The minimum Gasteiger partial charge on any atom is -0.211 e. The van der Waals surface area contributed by atoms with E-state index in [-0.39, 0.29) is 0 Å². The van der Waals surface area contributed by atoms with E-state index in [1.165, 1.54) is 11.1 Å². The molecule has 0 radical (unpaired) electrons. The van der Waals surface area contributed by atoms with Gasteiger partial charge in [0, 0.05) is 6.54 Å². The zero-order valence-electron chi connectivity index (χ0n) is 11.5. The average Bonchev–Trinajstić information content (AvgIpc) is 2.46. The van der Waals surface area contributed by atoms with E-state index in [9.17, 15) is 8.42 Å². The van der Waals surface area contributed by atoms with Crippen molar-refractivity contribution in [3.05, 3.63) is 65.7 Å². The van der Waals surface area contributed by atoms with Crippen LogP contribution in [0.5, 0.6) is 0 Å². The number of hydrogen-bond acceptors (Lipinski definition) is 2. The Labute approximate surface area is 120 Å². The highest BCUT2D eigenvalue weighted by atomic mass is 32.2. The molecule has 0 aliphatic rings. The van der Waals surface area contributed by atoms with Gasteiger partial charge in [0.2, 0.25) is 10.0 Å². The maximum absolute atomic E-state index is 12.0. The van der Waals surface area contributed by atoms with Crippen molar-refractivity contribution in [2.45, 2.75) is 24.7 Å². The first kappa shape index (κ1) is 14.8. The van der Waals surface area contributed by atoms with Gasteiger partial charge in [0.1, 0.15) is 0 Å². The van der Waals surface area contributed by atoms with E-state index in [0.29, 0.717) is 11.4 Å². The summed E-state index contributed by atoms with van der Waals surface area (Å²) in [5, 5.41) is 0. The predicted molar refractivity (Wildman–Crippen MR) is 81.1 cm³/mol. The van der Waals surface area contributed by atoms with Crippen molar-refractivity contribution < 1.29 is 8.42 Å². The van der Waals surface area contributed by atoms with Crippen LogP contribution in [0, 0.1) is 6.92 Å². The fourth-order valence-corrected chi connectivity index (χ4v) is 3.03. The second kappa shape index (κ2) is 6.68. The molecule has 0 saturated carbocycles. The Balaban J connectivity index is 1.83. The lowest BCUT2D eigenvalue weighted by molar-refractivity contribution is 0.579. The molecule has 0 heterocycles. The van der Waals surface area contributed by atoms with E-state index in [1.54, 1.807) is 30.3 Å². The third-order valence-corrected chi connectivity index (χ3v) is 4.59. The van der Waals surface area contributed by atoms with E-state index in [2.05, 4.69) is 35.9 Å². The summed E-state index contributed by atoms with van der Waals surface area (Å²) in [6.07, 6.45) is 1.66. The summed E-state index contributed by atoms with van der Waals surface area (Å²) in [6.45, 7) is 2.50. The Bertz CT molecular complexity index is 634. The Morgan fingerprint density at radius 1 is 0.950 bits per heavy atom. The fraction of sp³-hybridized carbons (Fsp3) is 0.250. The van der Waals surface area contributed by atoms with Crippen LogP contribution in [0.1, 0.15) is 17.5 Å². The number of hydrogen-bond donors (Lipinski definition) is 1. The zero-order valence-corrected chi connectivity index (χ0v) is 12.4. The Morgan fingerprint density at radius 2 is 1.60 bits per heavy atom. The molecule has 2 rings (SSSR count). The van der Waals surface area contributed by atoms with Crippen LogP contribution >= 0.6 is 0 Å². The van der Waals surface area contributed by atoms with Gasteiger partial charge in [0.25, 0.3) is 0 Å². The van der Waals surface area contributed by atoms with Crippen LogP contribution in [-0.4, -0.2) is 15.0 Å². The van der Waals surface area contributed by atoms with Crippen molar-refractivity contribution in [3.8, 4) is 0 Å². The number of aryl methyl sites for hydroxylation is 2. The van der Waals surface area contributed by atoms with Gasteiger partial charge in [-0.3, -0.25) is 0 Å². The van der Waals surface area contributed by atoms with Crippen molar-refractivity contribution in [2.75, 3.05) is 6.54 Å². The Morgan fingerprint density at radius 3 is 2.25 bits per heavy atom. The average molecular weight is 289 g/mol. The molecule has 0 aliphatic heterocycles. The summed E-state index contributed by atoms with van der Waals surface area (Å²) in [6, 6.07) is 16.8. The fourth-order valence-electron chi connectivity index (χ4n) is 1.94. The molecule has 2 aromatic rings. The molecule has 0 unspecified atom stereocenters. The van der Waals surface area contributed by atoms with Crippen molar-refractivity contribution in [2.24, 2.45) is 0 Å². The minimum absolute atomic E-state index is 0.315. The molecule has 106 valence electrons. The standard InChI is InChI=1S/C16H19NO2S/c1-14-9-11-15(12-10-14)6-5-13-17-20(18,19)16-7-3-2-4-8-16/h2-4,7-12,17H,5-6,13H2,1H3. The monoisotopic (exact) mass is 289 g/mol. The molecule has 0 amide bonds. The smallest absolute Gasteiger partial charge is 0.211 e. The van der Waals surface area contributed by atoms with E-state index in [4.69, 9.17) is 0 Å². The van der Waals surface area contributed by atoms with Gasteiger partial charge in [0.15, 0.2) is 0 Å². The topological polar surface area (TPSA) is 46.2 Å². The molecule has 0 saturated heterocycles. The third-order valence-electron chi connectivity index (χ3n) is 3.11. The SMILES string of the molecule is Cc1ccc(CCCNS(=O)(=O)c2ccccc2)cc1. The Hall–Kier alpha value is -1.65. The van der Waals surface area contributed by atoms with Gasteiger partial charge in [-0.2, -0.15) is 0 Å². The number of nitrogens with one attached hydrogen (secondary N) is 1. The quantitative estimate of drug-likeness (QED) is 0.831. The first-order chi connectivity index (χ1) is 9.58. The van der Waals surface area contributed by atoms with Crippen LogP contribution in [0.4, 0.5) is 0 Å². The minimum atomic E-state index is -3.37. The largest absolute Gasteiger partial charge is 0.240 e. The van der Waals surface area contributed by atoms with Gasteiger partial charge in [-0.05, 0) is 37.5 Å². The maximum atomic E-state index is 12.0. The first-order valence-corrected chi connectivity index (χ1v) is 8.16. The third kappa shape index (κ3) is 4.18. The molecule has 1 N–H and O–H groups in total. The van der Waals surface area contributed by atoms with Crippen molar-refractivity contribution in [1.29, 1.82) is 0 Å². The highest BCUT2D eigenvalue weighted by molar-refractivity contribution is 7.89. The maximum Gasteiger partial charge on any atom is 0.240 e. The lowest BCUT2D eigenvalue weighted by Crippen LogP contribution is -2.25. The summed E-state index contributed by atoms with van der Waals surface area (Å²) >= 11 is 0. The van der Waals surface area contributed by atoms with Gasteiger partial charge in [-0.1, -0.05) is 48.0 Å².